The monoisotopic (exact) mass is 388 g/mol. The van der Waals surface area contributed by atoms with Crippen molar-refractivity contribution in [2.75, 3.05) is 22.1 Å². The van der Waals surface area contributed by atoms with Crippen molar-refractivity contribution in [1.29, 1.82) is 0 Å². The molecule has 0 aromatic heterocycles. The topological polar surface area (TPSA) is 75.3 Å². The molecule has 0 spiro atoms. The first kappa shape index (κ1) is 19.2. The highest BCUT2D eigenvalue weighted by Crippen LogP contribution is 2.27. The maximum Gasteiger partial charge on any atom is 0.237 e. The molecule has 1 aliphatic carbocycles. The second-order valence-electron chi connectivity index (χ2n) is 6.48. The van der Waals surface area contributed by atoms with Gasteiger partial charge in [0, 0.05) is 22.2 Å². The van der Waals surface area contributed by atoms with Crippen molar-refractivity contribution < 1.29 is 18.2 Å². The molecule has 0 unspecified atom stereocenters. The molecular weight excluding hydrogens is 367 g/mol. The minimum absolute atomic E-state index is 0.249. The van der Waals surface area contributed by atoms with E-state index in [4.69, 9.17) is 0 Å². The van der Waals surface area contributed by atoms with E-state index >= 15 is 0 Å². The normalized spacial score (nSPS) is 14.1. The number of carbonyl (C=O) groups excluding carboxylic acids is 2. The number of hydrogen-bond donors (Lipinski definition) is 2. The average molecular weight is 388 g/mol. The van der Waals surface area contributed by atoms with Crippen LogP contribution in [0.1, 0.15) is 24.0 Å². The van der Waals surface area contributed by atoms with Gasteiger partial charge in [-0.05, 0) is 67.1 Å². The molecule has 0 saturated heterocycles. The predicted octanol–water partition coefficient (Wildman–Crippen LogP) is 3.03. The molecule has 27 heavy (non-hydrogen) atoms. The summed E-state index contributed by atoms with van der Waals surface area (Å²) in [5.41, 5.74) is 3.58. The van der Waals surface area contributed by atoms with E-state index in [0.717, 1.165) is 36.9 Å². The highest BCUT2D eigenvalue weighted by molar-refractivity contribution is 7.86. The van der Waals surface area contributed by atoms with Gasteiger partial charge in [-0.15, -0.1) is 0 Å². The van der Waals surface area contributed by atoms with Crippen LogP contribution >= 0.6 is 0 Å². The third kappa shape index (κ3) is 5.47. The standard InChI is InChI=1S/C20H21FN2O3S/c21-15-8-10-16(11-9-15)22-19(24)12-27(26)13-20(25)23-18-7-3-5-14-4-1-2-6-17(14)18/h3,5,7-11H,1-2,4,6,12-13H2,(H,22,24)(H,23,25)/t27-/m0/s1. The maximum atomic E-state index is 12.9. The zero-order valence-electron chi connectivity index (χ0n) is 14.8. The van der Waals surface area contributed by atoms with Gasteiger partial charge in [-0.25, -0.2) is 4.39 Å². The first-order chi connectivity index (χ1) is 13.0. The van der Waals surface area contributed by atoms with Gasteiger partial charge in [0.25, 0.3) is 0 Å². The minimum Gasteiger partial charge on any atom is -0.325 e. The maximum absolute atomic E-state index is 12.9. The fourth-order valence-electron chi connectivity index (χ4n) is 3.16. The fraction of sp³-hybridized carbons (Fsp3) is 0.300. The van der Waals surface area contributed by atoms with E-state index in [9.17, 15) is 18.2 Å². The Bertz CT molecular complexity index is 868. The summed E-state index contributed by atoms with van der Waals surface area (Å²) in [5.74, 6) is -1.80. The van der Waals surface area contributed by atoms with Crippen LogP contribution in [0.4, 0.5) is 15.8 Å². The van der Waals surface area contributed by atoms with Crippen molar-refractivity contribution in [2.45, 2.75) is 25.7 Å². The number of benzene rings is 2. The molecule has 0 heterocycles. The molecule has 2 N–H and O–H groups in total. The summed E-state index contributed by atoms with van der Waals surface area (Å²) < 4.78 is 25.0. The third-order valence-electron chi connectivity index (χ3n) is 4.38. The number of halogens is 1. The number of carbonyl (C=O) groups is 2. The molecule has 5 nitrogen and oxygen atoms in total. The van der Waals surface area contributed by atoms with Crippen LogP contribution in [0.25, 0.3) is 0 Å². The van der Waals surface area contributed by atoms with Gasteiger partial charge < -0.3 is 10.6 Å². The third-order valence-corrected chi connectivity index (χ3v) is 5.55. The van der Waals surface area contributed by atoms with Gasteiger partial charge in [0.2, 0.25) is 11.8 Å². The number of fused-ring (bicyclic) bond motifs is 1. The lowest BCUT2D eigenvalue weighted by molar-refractivity contribution is -0.114. The Balaban J connectivity index is 1.51. The number of anilines is 2. The Morgan fingerprint density at radius 3 is 2.33 bits per heavy atom. The molecule has 0 aliphatic heterocycles. The van der Waals surface area contributed by atoms with E-state index in [-0.39, 0.29) is 17.4 Å². The summed E-state index contributed by atoms with van der Waals surface area (Å²) in [6.07, 6.45) is 4.18. The Kier molecular flexibility index (Phi) is 6.34. The Morgan fingerprint density at radius 2 is 1.59 bits per heavy atom. The van der Waals surface area contributed by atoms with Crippen molar-refractivity contribution in [2.24, 2.45) is 0 Å². The van der Waals surface area contributed by atoms with Gasteiger partial charge in [0.1, 0.15) is 17.3 Å². The van der Waals surface area contributed by atoms with Crippen LogP contribution in [0, 0.1) is 5.82 Å². The van der Waals surface area contributed by atoms with Gasteiger partial charge in [0.05, 0.1) is 0 Å². The van der Waals surface area contributed by atoms with E-state index in [0.29, 0.717) is 5.69 Å². The van der Waals surface area contributed by atoms with Crippen LogP contribution in [-0.4, -0.2) is 27.5 Å². The second kappa shape index (κ2) is 8.90. The number of hydrogen-bond acceptors (Lipinski definition) is 3. The van der Waals surface area contributed by atoms with Crippen LogP contribution in [0.2, 0.25) is 0 Å². The lowest BCUT2D eigenvalue weighted by Gasteiger charge is -2.19. The highest BCUT2D eigenvalue weighted by atomic mass is 32.2. The predicted molar refractivity (Wildman–Crippen MR) is 105 cm³/mol. The molecule has 142 valence electrons. The summed E-state index contributed by atoms with van der Waals surface area (Å²) in [4.78, 5) is 24.1. The second-order valence-corrected chi connectivity index (χ2v) is 7.94. The van der Waals surface area contributed by atoms with Gasteiger partial charge in [-0.2, -0.15) is 0 Å². The van der Waals surface area contributed by atoms with Gasteiger partial charge in [-0.3, -0.25) is 13.8 Å². The molecule has 2 aromatic carbocycles. The van der Waals surface area contributed by atoms with Crippen molar-refractivity contribution in [3.05, 3.63) is 59.4 Å². The van der Waals surface area contributed by atoms with E-state index in [2.05, 4.69) is 16.7 Å². The molecule has 0 radical (unpaired) electrons. The molecule has 0 fully saturated rings. The van der Waals surface area contributed by atoms with E-state index in [1.165, 1.54) is 29.8 Å². The molecule has 2 aromatic rings. The molecule has 1 aliphatic rings. The fourth-order valence-corrected chi connectivity index (χ4v) is 3.99. The lowest BCUT2D eigenvalue weighted by atomic mass is 9.90. The van der Waals surface area contributed by atoms with Crippen LogP contribution < -0.4 is 10.6 Å². The highest BCUT2D eigenvalue weighted by Gasteiger charge is 2.17. The number of aryl methyl sites for hydroxylation is 1. The van der Waals surface area contributed by atoms with E-state index in [1.807, 2.05) is 12.1 Å². The molecule has 1 atom stereocenters. The zero-order chi connectivity index (χ0) is 19.2. The van der Waals surface area contributed by atoms with Crippen molar-refractivity contribution in [3.8, 4) is 0 Å². The molecule has 3 rings (SSSR count). The SMILES string of the molecule is O=C(C[S@](=O)CC(=O)Nc1cccc2c1CCCC2)Nc1ccc(F)cc1. The molecule has 0 saturated carbocycles. The van der Waals surface area contributed by atoms with Crippen LogP contribution in [0.15, 0.2) is 42.5 Å². The first-order valence-electron chi connectivity index (χ1n) is 8.82. The molecule has 2 amide bonds. The zero-order valence-corrected chi connectivity index (χ0v) is 15.6. The number of amides is 2. The summed E-state index contributed by atoms with van der Waals surface area (Å²) in [6.45, 7) is 0. The Morgan fingerprint density at radius 1 is 0.926 bits per heavy atom. The van der Waals surface area contributed by atoms with Crippen LogP contribution in [0.3, 0.4) is 0 Å². The molecule has 0 bridgehead atoms. The minimum atomic E-state index is -1.63. The Hall–Kier alpha value is -2.54. The summed E-state index contributed by atoms with van der Waals surface area (Å²) in [6, 6.07) is 11.1. The van der Waals surface area contributed by atoms with Gasteiger partial charge in [0.15, 0.2) is 0 Å². The summed E-state index contributed by atoms with van der Waals surface area (Å²) in [5, 5.41) is 5.36. The average Bonchev–Trinajstić information content (AvgIpc) is 2.63. The van der Waals surface area contributed by atoms with Crippen LogP contribution in [-0.2, 0) is 33.2 Å². The van der Waals surface area contributed by atoms with Gasteiger partial charge >= 0.3 is 0 Å². The number of nitrogens with one attached hydrogen (secondary N) is 2. The van der Waals surface area contributed by atoms with E-state index < -0.39 is 22.5 Å². The van der Waals surface area contributed by atoms with Crippen molar-refractivity contribution >= 4 is 34.0 Å². The van der Waals surface area contributed by atoms with Crippen molar-refractivity contribution in [1.82, 2.24) is 0 Å². The molecule has 7 heteroatoms. The molecular formula is C20H21FN2O3S. The number of rotatable bonds is 6. The quantitative estimate of drug-likeness (QED) is 0.799. The first-order valence-corrected chi connectivity index (χ1v) is 10.3. The van der Waals surface area contributed by atoms with E-state index in [1.54, 1.807) is 0 Å². The lowest BCUT2D eigenvalue weighted by Crippen LogP contribution is -2.26. The van der Waals surface area contributed by atoms with Gasteiger partial charge in [-0.1, -0.05) is 12.1 Å². The summed E-state index contributed by atoms with van der Waals surface area (Å²) in [7, 11) is -1.63. The largest absolute Gasteiger partial charge is 0.325 e. The Labute approximate surface area is 159 Å². The summed E-state index contributed by atoms with van der Waals surface area (Å²) >= 11 is 0. The smallest absolute Gasteiger partial charge is 0.237 e. The van der Waals surface area contributed by atoms with Crippen LogP contribution in [0.5, 0.6) is 0 Å². The van der Waals surface area contributed by atoms with Crippen molar-refractivity contribution in [3.63, 3.8) is 0 Å².